The number of carbonyl (C=O) groups is 2. The molecule has 0 aromatic heterocycles. The van der Waals surface area contributed by atoms with Gasteiger partial charge in [0, 0.05) is 9.13 Å². The number of halogens is 3. The van der Waals surface area contributed by atoms with Crippen molar-refractivity contribution < 1.29 is 18.7 Å². The standard InChI is InChI=1S/C19H14FI2NO3S/c1-2-26-17-12(7-14(21)9-15(17)22)8-16-18(24)23(19(25)27-16)10-11-3-5-13(20)6-4-11/h3-9H,2,10H2,1H3/b16-8+. The van der Waals surface area contributed by atoms with Crippen LogP contribution in [-0.2, 0) is 11.3 Å². The van der Waals surface area contributed by atoms with Gasteiger partial charge in [-0.2, -0.15) is 0 Å². The Bertz CT molecular complexity index is 931. The summed E-state index contributed by atoms with van der Waals surface area (Å²) >= 11 is 5.30. The van der Waals surface area contributed by atoms with Gasteiger partial charge in [0.05, 0.1) is 21.6 Å². The summed E-state index contributed by atoms with van der Waals surface area (Å²) in [5.41, 5.74) is 1.46. The molecule has 4 nitrogen and oxygen atoms in total. The lowest BCUT2D eigenvalue weighted by Crippen LogP contribution is -2.27. The van der Waals surface area contributed by atoms with Gasteiger partial charge in [0.15, 0.2) is 0 Å². The zero-order valence-corrected chi connectivity index (χ0v) is 19.3. The second-order valence-electron chi connectivity index (χ2n) is 5.63. The fourth-order valence-electron chi connectivity index (χ4n) is 2.53. The van der Waals surface area contributed by atoms with E-state index >= 15 is 0 Å². The summed E-state index contributed by atoms with van der Waals surface area (Å²) in [6.07, 6.45) is 1.70. The predicted molar refractivity (Wildman–Crippen MR) is 121 cm³/mol. The molecular formula is C19H14FI2NO3S. The highest BCUT2D eigenvalue weighted by Gasteiger charge is 2.35. The van der Waals surface area contributed by atoms with E-state index in [-0.39, 0.29) is 23.5 Å². The minimum atomic E-state index is -0.357. The van der Waals surface area contributed by atoms with Crippen molar-refractivity contribution in [1.29, 1.82) is 0 Å². The lowest BCUT2D eigenvalue weighted by molar-refractivity contribution is -0.123. The summed E-state index contributed by atoms with van der Waals surface area (Å²) in [5.74, 6) is -0.0148. The average Bonchev–Trinajstić information content (AvgIpc) is 2.87. The summed E-state index contributed by atoms with van der Waals surface area (Å²) in [4.78, 5) is 26.6. The minimum absolute atomic E-state index is 0.116. The summed E-state index contributed by atoms with van der Waals surface area (Å²) in [6.45, 7) is 2.52. The van der Waals surface area contributed by atoms with E-state index in [1.54, 1.807) is 18.2 Å². The first-order valence-corrected chi connectivity index (χ1v) is 11.0. The topological polar surface area (TPSA) is 46.6 Å². The normalized spacial score (nSPS) is 15.7. The Morgan fingerprint density at radius 2 is 1.89 bits per heavy atom. The van der Waals surface area contributed by atoms with Crippen LogP contribution >= 0.6 is 56.9 Å². The molecule has 1 heterocycles. The molecule has 27 heavy (non-hydrogen) atoms. The van der Waals surface area contributed by atoms with Gasteiger partial charge in [0.2, 0.25) is 0 Å². The lowest BCUT2D eigenvalue weighted by atomic mass is 10.1. The molecule has 1 aliphatic rings. The summed E-state index contributed by atoms with van der Waals surface area (Å²) in [7, 11) is 0. The van der Waals surface area contributed by atoms with E-state index in [9.17, 15) is 14.0 Å². The maximum absolute atomic E-state index is 13.0. The molecule has 0 aliphatic carbocycles. The minimum Gasteiger partial charge on any atom is -0.492 e. The first-order valence-electron chi connectivity index (χ1n) is 8.00. The van der Waals surface area contributed by atoms with Crippen LogP contribution in [-0.4, -0.2) is 22.7 Å². The Kier molecular flexibility index (Phi) is 6.79. The van der Waals surface area contributed by atoms with Crippen molar-refractivity contribution in [3.63, 3.8) is 0 Å². The molecule has 3 rings (SSSR count). The molecule has 0 radical (unpaired) electrons. The molecule has 8 heteroatoms. The highest BCUT2D eigenvalue weighted by atomic mass is 127. The van der Waals surface area contributed by atoms with Crippen LogP contribution < -0.4 is 4.74 Å². The molecule has 2 amide bonds. The van der Waals surface area contributed by atoms with Crippen LogP contribution in [0.2, 0.25) is 0 Å². The summed E-state index contributed by atoms with van der Waals surface area (Å²) < 4.78 is 20.7. The van der Waals surface area contributed by atoms with Crippen molar-refractivity contribution in [2.75, 3.05) is 6.61 Å². The fourth-order valence-corrected chi connectivity index (χ4v) is 5.41. The molecule has 0 saturated carbocycles. The molecule has 2 aromatic carbocycles. The van der Waals surface area contributed by atoms with Crippen molar-refractivity contribution in [2.24, 2.45) is 0 Å². The highest BCUT2D eigenvalue weighted by Crippen LogP contribution is 2.36. The Morgan fingerprint density at radius 3 is 2.56 bits per heavy atom. The maximum Gasteiger partial charge on any atom is 0.293 e. The highest BCUT2D eigenvalue weighted by molar-refractivity contribution is 14.1. The molecule has 0 atom stereocenters. The first kappa shape index (κ1) is 20.6. The average molecular weight is 609 g/mol. The predicted octanol–water partition coefficient (Wildman–Crippen LogP) is 5.67. The molecule has 1 saturated heterocycles. The van der Waals surface area contributed by atoms with E-state index in [1.165, 1.54) is 17.0 Å². The Labute approximate surface area is 187 Å². The molecule has 1 fully saturated rings. The van der Waals surface area contributed by atoms with Crippen molar-refractivity contribution in [2.45, 2.75) is 13.5 Å². The van der Waals surface area contributed by atoms with E-state index in [0.717, 1.165) is 24.5 Å². The van der Waals surface area contributed by atoms with Crippen LogP contribution in [0, 0.1) is 13.0 Å². The monoisotopic (exact) mass is 609 g/mol. The molecule has 0 unspecified atom stereocenters. The van der Waals surface area contributed by atoms with E-state index < -0.39 is 0 Å². The molecule has 0 N–H and O–H groups in total. The second-order valence-corrected chi connectivity index (χ2v) is 9.03. The Balaban J connectivity index is 1.89. The van der Waals surface area contributed by atoms with E-state index in [2.05, 4.69) is 45.2 Å². The van der Waals surface area contributed by atoms with Gasteiger partial charge in [-0.05, 0) is 99.8 Å². The summed E-state index contributed by atoms with van der Waals surface area (Å²) in [6, 6.07) is 9.67. The second kappa shape index (κ2) is 8.91. The quantitative estimate of drug-likeness (QED) is 0.324. The summed E-state index contributed by atoms with van der Waals surface area (Å²) in [5, 5.41) is -0.339. The van der Waals surface area contributed by atoms with Gasteiger partial charge in [-0.25, -0.2) is 4.39 Å². The van der Waals surface area contributed by atoms with Gasteiger partial charge in [0.25, 0.3) is 11.1 Å². The smallest absolute Gasteiger partial charge is 0.293 e. The van der Waals surface area contributed by atoms with E-state index in [0.29, 0.717) is 22.8 Å². The van der Waals surface area contributed by atoms with E-state index in [4.69, 9.17) is 4.74 Å². The number of imide groups is 1. The van der Waals surface area contributed by atoms with Crippen LogP contribution in [0.5, 0.6) is 5.75 Å². The molecule has 1 aliphatic heterocycles. The lowest BCUT2D eigenvalue weighted by Gasteiger charge is -2.13. The number of nitrogens with zero attached hydrogens (tertiary/aromatic N) is 1. The largest absolute Gasteiger partial charge is 0.492 e. The van der Waals surface area contributed by atoms with Gasteiger partial charge >= 0.3 is 0 Å². The van der Waals surface area contributed by atoms with Gasteiger partial charge in [-0.3, -0.25) is 14.5 Å². The van der Waals surface area contributed by atoms with Gasteiger partial charge < -0.3 is 4.74 Å². The third-order valence-electron chi connectivity index (χ3n) is 3.74. The number of carbonyl (C=O) groups excluding carboxylic acids is 2. The van der Waals surface area contributed by atoms with Crippen LogP contribution in [0.3, 0.4) is 0 Å². The zero-order valence-electron chi connectivity index (χ0n) is 14.2. The zero-order chi connectivity index (χ0) is 19.6. The molecular weight excluding hydrogens is 595 g/mol. The molecule has 0 bridgehead atoms. The fraction of sp³-hybridized carbons (Fsp3) is 0.158. The SMILES string of the molecule is CCOc1c(I)cc(I)cc1/C=C1/SC(=O)N(Cc2ccc(F)cc2)C1=O. The number of hydrogen-bond donors (Lipinski definition) is 0. The third-order valence-corrected chi connectivity index (χ3v) is 6.07. The number of amides is 2. The van der Waals surface area contributed by atoms with Crippen molar-refractivity contribution in [1.82, 2.24) is 4.90 Å². The third kappa shape index (κ3) is 4.83. The molecule has 0 spiro atoms. The van der Waals surface area contributed by atoms with Crippen LogP contribution in [0.1, 0.15) is 18.1 Å². The number of thioether (sulfide) groups is 1. The van der Waals surface area contributed by atoms with Crippen molar-refractivity contribution >= 4 is 74.2 Å². The molecule has 2 aromatic rings. The van der Waals surface area contributed by atoms with Gasteiger partial charge in [-0.15, -0.1) is 0 Å². The molecule has 140 valence electrons. The van der Waals surface area contributed by atoms with Crippen LogP contribution in [0.4, 0.5) is 9.18 Å². The number of hydrogen-bond acceptors (Lipinski definition) is 4. The maximum atomic E-state index is 13.0. The number of ether oxygens (including phenoxy) is 1. The number of benzene rings is 2. The Hall–Kier alpha value is -1.14. The Morgan fingerprint density at radius 1 is 1.19 bits per heavy atom. The van der Waals surface area contributed by atoms with Crippen molar-refractivity contribution in [3.8, 4) is 5.75 Å². The van der Waals surface area contributed by atoms with Crippen LogP contribution in [0.15, 0.2) is 41.3 Å². The van der Waals surface area contributed by atoms with Gasteiger partial charge in [-0.1, -0.05) is 12.1 Å². The number of rotatable bonds is 5. The van der Waals surface area contributed by atoms with Gasteiger partial charge in [0.1, 0.15) is 11.6 Å². The first-order chi connectivity index (χ1) is 12.9. The van der Waals surface area contributed by atoms with Crippen molar-refractivity contribution in [3.05, 3.63) is 65.4 Å². The van der Waals surface area contributed by atoms with Crippen LogP contribution in [0.25, 0.3) is 6.08 Å². The van der Waals surface area contributed by atoms with E-state index in [1.807, 2.05) is 19.1 Å².